The van der Waals surface area contributed by atoms with Crippen LogP contribution in [0.15, 0.2) is 66.7 Å². The average Bonchev–Trinajstić information content (AvgIpc) is 3.21. The molecule has 0 radical (unpaired) electrons. The highest BCUT2D eigenvalue weighted by atomic mass is 16.7. The fourth-order valence-electron chi connectivity index (χ4n) is 3.03. The molecule has 1 heterocycles. The normalized spacial score (nSPS) is 11.6. The Morgan fingerprint density at radius 3 is 2.03 bits per heavy atom. The van der Waals surface area contributed by atoms with E-state index in [0.29, 0.717) is 39.6 Å². The molecule has 3 aromatic carbocycles. The number of hydrogen-bond acceptors (Lipinski definition) is 5. The van der Waals surface area contributed by atoms with Gasteiger partial charge in [-0.3, -0.25) is 14.4 Å². The molecule has 30 heavy (non-hydrogen) atoms. The van der Waals surface area contributed by atoms with Gasteiger partial charge in [-0.25, -0.2) is 0 Å². The number of ether oxygens (including phenoxy) is 2. The van der Waals surface area contributed by atoms with Crippen LogP contribution in [0.1, 0.15) is 38.0 Å². The Morgan fingerprint density at radius 1 is 0.767 bits per heavy atom. The zero-order valence-electron chi connectivity index (χ0n) is 16.1. The lowest BCUT2D eigenvalue weighted by atomic mass is 10.1. The summed E-state index contributed by atoms with van der Waals surface area (Å²) in [4.78, 5) is 36.8. The van der Waals surface area contributed by atoms with Crippen molar-refractivity contribution in [3.05, 3.63) is 83.4 Å². The lowest BCUT2D eigenvalue weighted by Gasteiger charge is -2.11. The maximum Gasteiger partial charge on any atom is 0.255 e. The van der Waals surface area contributed by atoms with Crippen molar-refractivity contribution in [2.75, 3.05) is 17.4 Å². The van der Waals surface area contributed by atoms with Gasteiger partial charge in [0.15, 0.2) is 17.3 Å². The van der Waals surface area contributed by atoms with Crippen molar-refractivity contribution in [3.63, 3.8) is 0 Å². The second kappa shape index (κ2) is 8.08. The summed E-state index contributed by atoms with van der Waals surface area (Å²) in [6.07, 6.45) is 0. The minimum absolute atomic E-state index is 0.0697. The first-order valence-corrected chi connectivity index (χ1v) is 9.23. The van der Waals surface area contributed by atoms with Gasteiger partial charge in [0.05, 0.1) is 5.69 Å². The zero-order valence-corrected chi connectivity index (χ0v) is 16.1. The van der Waals surface area contributed by atoms with Crippen molar-refractivity contribution >= 4 is 29.0 Å². The van der Waals surface area contributed by atoms with Gasteiger partial charge in [0.1, 0.15) is 0 Å². The van der Waals surface area contributed by atoms with Crippen LogP contribution in [0, 0.1) is 0 Å². The predicted octanol–water partition coefficient (Wildman–Crippen LogP) is 4.12. The van der Waals surface area contributed by atoms with Gasteiger partial charge in [-0.15, -0.1) is 0 Å². The molecule has 2 amide bonds. The summed E-state index contributed by atoms with van der Waals surface area (Å²) in [6.45, 7) is 1.48. The van der Waals surface area contributed by atoms with Gasteiger partial charge in [-0.2, -0.15) is 0 Å². The van der Waals surface area contributed by atoms with E-state index in [1.807, 2.05) is 6.07 Å². The number of anilines is 2. The summed E-state index contributed by atoms with van der Waals surface area (Å²) in [5, 5.41) is 5.52. The third-order valence-electron chi connectivity index (χ3n) is 4.58. The van der Waals surface area contributed by atoms with Crippen LogP contribution in [0.5, 0.6) is 11.5 Å². The molecule has 7 heteroatoms. The second-order valence-electron chi connectivity index (χ2n) is 6.66. The van der Waals surface area contributed by atoms with Crippen molar-refractivity contribution in [2.45, 2.75) is 6.92 Å². The molecule has 4 rings (SSSR count). The fourth-order valence-corrected chi connectivity index (χ4v) is 3.03. The lowest BCUT2D eigenvalue weighted by molar-refractivity contribution is 0.101. The topological polar surface area (TPSA) is 93.7 Å². The molecule has 0 fully saturated rings. The average molecular weight is 402 g/mol. The lowest BCUT2D eigenvalue weighted by Crippen LogP contribution is -2.15. The Kier molecular flexibility index (Phi) is 5.17. The minimum atomic E-state index is -0.391. The summed E-state index contributed by atoms with van der Waals surface area (Å²) in [5.41, 5.74) is 2.16. The molecule has 0 spiro atoms. The fraction of sp³-hybridized carbons (Fsp3) is 0.0870. The van der Waals surface area contributed by atoms with Gasteiger partial charge in [0, 0.05) is 28.4 Å². The van der Waals surface area contributed by atoms with Gasteiger partial charge < -0.3 is 20.1 Å². The quantitative estimate of drug-likeness (QED) is 0.626. The van der Waals surface area contributed by atoms with E-state index < -0.39 is 5.91 Å². The van der Waals surface area contributed by atoms with E-state index in [1.165, 1.54) is 6.92 Å². The molecule has 1 aliphatic heterocycles. The Bertz CT molecular complexity index is 1120. The number of ketones is 1. The summed E-state index contributed by atoms with van der Waals surface area (Å²) in [7, 11) is 0. The van der Waals surface area contributed by atoms with E-state index in [0.717, 1.165) is 0 Å². The monoisotopic (exact) mass is 402 g/mol. The molecule has 150 valence electrons. The minimum Gasteiger partial charge on any atom is -0.454 e. The van der Waals surface area contributed by atoms with Crippen LogP contribution in [0.3, 0.4) is 0 Å². The smallest absolute Gasteiger partial charge is 0.255 e. The Morgan fingerprint density at radius 2 is 1.37 bits per heavy atom. The van der Waals surface area contributed by atoms with E-state index in [4.69, 9.17) is 9.47 Å². The number of Topliss-reactive ketones (excluding diaryl/α,β-unsaturated/α-hetero) is 1. The van der Waals surface area contributed by atoms with Gasteiger partial charge in [0.25, 0.3) is 11.8 Å². The first-order valence-electron chi connectivity index (χ1n) is 9.23. The molecule has 0 bridgehead atoms. The molecule has 0 saturated carbocycles. The maximum absolute atomic E-state index is 12.7. The molecule has 0 aliphatic carbocycles. The number of carbonyl (C=O) groups excluding carboxylic acids is 3. The Labute approximate surface area is 172 Å². The van der Waals surface area contributed by atoms with Crippen LogP contribution >= 0.6 is 0 Å². The van der Waals surface area contributed by atoms with Crippen molar-refractivity contribution in [2.24, 2.45) is 0 Å². The Hall–Kier alpha value is -4.13. The molecule has 3 aromatic rings. The highest BCUT2D eigenvalue weighted by molar-refractivity contribution is 6.10. The number of fused-ring (bicyclic) bond motifs is 1. The van der Waals surface area contributed by atoms with Gasteiger partial charge in [-0.1, -0.05) is 18.2 Å². The van der Waals surface area contributed by atoms with Gasteiger partial charge in [0.2, 0.25) is 6.79 Å². The third-order valence-corrected chi connectivity index (χ3v) is 4.58. The third kappa shape index (κ3) is 4.00. The van der Waals surface area contributed by atoms with Crippen LogP contribution in [0.4, 0.5) is 11.4 Å². The number of benzene rings is 3. The molecule has 0 aromatic heterocycles. The first-order chi connectivity index (χ1) is 14.5. The van der Waals surface area contributed by atoms with Crippen LogP contribution in [-0.2, 0) is 0 Å². The number of nitrogens with one attached hydrogen (secondary N) is 2. The van der Waals surface area contributed by atoms with Crippen molar-refractivity contribution < 1.29 is 23.9 Å². The number of rotatable bonds is 5. The molecule has 7 nitrogen and oxygen atoms in total. The van der Waals surface area contributed by atoms with E-state index in [1.54, 1.807) is 60.7 Å². The molecule has 0 atom stereocenters. The highest BCUT2D eigenvalue weighted by Gasteiger charge is 2.20. The molecular formula is C23H18N2O5. The molecule has 0 unspecified atom stereocenters. The molecular weight excluding hydrogens is 384 g/mol. The second-order valence-corrected chi connectivity index (χ2v) is 6.66. The van der Waals surface area contributed by atoms with Gasteiger partial charge >= 0.3 is 0 Å². The maximum atomic E-state index is 12.7. The van der Waals surface area contributed by atoms with Gasteiger partial charge in [-0.05, 0) is 49.4 Å². The summed E-state index contributed by atoms with van der Waals surface area (Å²) in [6, 6.07) is 18.4. The molecule has 0 saturated heterocycles. The van der Waals surface area contributed by atoms with E-state index in [-0.39, 0.29) is 18.5 Å². The number of hydrogen-bond donors (Lipinski definition) is 2. The zero-order chi connectivity index (χ0) is 21.1. The standard InChI is InChI=1S/C23H18N2O5/c1-14(26)18-11-20-21(30-13-29-20)12-19(18)25-23(28)16-7-9-17(10-8-16)24-22(27)15-5-3-2-4-6-15/h2-12H,13H2,1H3,(H,24,27)(H,25,28). The number of carbonyl (C=O) groups is 3. The van der Waals surface area contributed by atoms with Crippen LogP contribution in [0.2, 0.25) is 0 Å². The van der Waals surface area contributed by atoms with Crippen LogP contribution in [0.25, 0.3) is 0 Å². The SMILES string of the molecule is CC(=O)c1cc2c(cc1NC(=O)c1ccc(NC(=O)c3ccccc3)cc1)OCO2. The molecule has 2 N–H and O–H groups in total. The van der Waals surface area contributed by atoms with E-state index in [9.17, 15) is 14.4 Å². The first kappa shape index (κ1) is 19.2. The van der Waals surface area contributed by atoms with Crippen molar-refractivity contribution in [1.29, 1.82) is 0 Å². The largest absolute Gasteiger partial charge is 0.454 e. The summed E-state index contributed by atoms with van der Waals surface area (Å²) in [5.74, 6) is 0.102. The van der Waals surface area contributed by atoms with E-state index >= 15 is 0 Å². The molecule has 1 aliphatic rings. The van der Waals surface area contributed by atoms with Crippen LogP contribution < -0.4 is 20.1 Å². The van der Waals surface area contributed by atoms with Crippen LogP contribution in [-0.4, -0.2) is 24.4 Å². The van der Waals surface area contributed by atoms with E-state index in [2.05, 4.69) is 10.6 Å². The van der Waals surface area contributed by atoms with Crippen molar-refractivity contribution in [1.82, 2.24) is 0 Å². The number of amides is 2. The predicted molar refractivity (Wildman–Crippen MR) is 111 cm³/mol. The highest BCUT2D eigenvalue weighted by Crippen LogP contribution is 2.37. The van der Waals surface area contributed by atoms with Crippen molar-refractivity contribution in [3.8, 4) is 11.5 Å². The summed E-state index contributed by atoms with van der Waals surface area (Å²) >= 11 is 0. The summed E-state index contributed by atoms with van der Waals surface area (Å²) < 4.78 is 10.6. The Balaban J connectivity index is 1.48.